The number of anilines is 1. The molecule has 3 aromatic rings. The number of methoxy groups -OCH3 is 2. The van der Waals surface area contributed by atoms with E-state index < -0.39 is 15.8 Å². The molecule has 0 bridgehead atoms. The van der Waals surface area contributed by atoms with Crippen LogP contribution in [0.5, 0.6) is 5.75 Å². The van der Waals surface area contributed by atoms with Crippen molar-refractivity contribution in [2.45, 2.75) is 30.1 Å². The largest absolute Gasteiger partial charge is 0.497 e. The monoisotopic (exact) mass is 440 g/mol. The van der Waals surface area contributed by atoms with E-state index in [1.165, 1.54) is 26.4 Å². The minimum atomic E-state index is -4.09. The van der Waals surface area contributed by atoms with Crippen LogP contribution in [0.3, 0.4) is 0 Å². The fourth-order valence-electron chi connectivity index (χ4n) is 3.53. The summed E-state index contributed by atoms with van der Waals surface area (Å²) < 4.78 is 37.4. The Bertz CT molecular complexity index is 1220. The van der Waals surface area contributed by atoms with E-state index in [9.17, 15) is 13.2 Å². The van der Waals surface area contributed by atoms with E-state index in [4.69, 9.17) is 15.2 Å². The molecule has 0 fully saturated rings. The first-order valence-corrected chi connectivity index (χ1v) is 11.0. The Morgan fingerprint density at radius 3 is 2.29 bits per heavy atom. The Hall–Kier alpha value is -3.39. The molecule has 0 atom stereocenters. The van der Waals surface area contributed by atoms with Crippen LogP contribution < -0.4 is 10.5 Å². The first-order chi connectivity index (χ1) is 14.7. The summed E-state index contributed by atoms with van der Waals surface area (Å²) in [7, 11) is -1.37. The summed E-state index contributed by atoms with van der Waals surface area (Å²) in [4.78, 5) is 16.9. The first-order valence-electron chi connectivity index (χ1n) is 9.50. The van der Waals surface area contributed by atoms with Crippen molar-refractivity contribution in [1.82, 2.24) is 4.98 Å². The number of nitrogens with zero attached hydrogens (tertiary/aromatic N) is 1. The zero-order valence-corrected chi connectivity index (χ0v) is 18.6. The molecule has 2 N–H and O–H groups in total. The number of carbonyl (C=O) groups is 1. The molecule has 0 unspecified atom stereocenters. The van der Waals surface area contributed by atoms with Crippen molar-refractivity contribution >= 4 is 21.5 Å². The average Bonchev–Trinajstić information content (AvgIpc) is 2.79. The van der Waals surface area contributed by atoms with Gasteiger partial charge in [-0.2, -0.15) is 0 Å². The van der Waals surface area contributed by atoms with Gasteiger partial charge in [-0.1, -0.05) is 6.07 Å². The van der Waals surface area contributed by atoms with Crippen LogP contribution in [0.25, 0.3) is 0 Å². The number of ether oxygens (including phenoxy) is 2. The number of hydrogen-bond donors (Lipinski definition) is 1. The predicted octanol–water partition coefficient (Wildman–Crippen LogP) is 3.50. The Morgan fingerprint density at radius 1 is 1.06 bits per heavy atom. The van der Waals surface area contributed by atoms with Gasteiger partial charge in [-0.05, 0) is 66.4 Å². The fourth-order valence-corrected chi connectivity index (χ4v) is 5.25. The maximum atomic E-state index is 13.6. The molecular weight excluding hydrogens is 416 g/mol. The molecule has 0 aliphatic carbocycles. The Kier molecular flexibility index (Phi) is 6.31. The van der Waals surface area contributed by atoms with Gasteiger partial charge in [-0.25, -0.2) is 13.2 Å². The fraction of sp³-hybridized carbons (Fsp3) is 0.217. The van der Waals surface area contributed by atoms with Crippen LogP contribution in [0.2, 0.25) is 0 Å². The van der Waals surface area contributed by atoms with E-state index in [0.29, 0.717) is 28.1 Å². The smallest absolute Gasteiger partial charge is 0.339 e. The first kappa shape index (κ1) is 22.3. The predicted molar refractivity (Wildman–Crippen MR) is 117 cm³/mol. The topological polar surface area (TPSA) is 109 Å². The van der Waals surface area contributed by atoms with Crippen molar-refractivity contribution in [3.8, 4) is 5.75 Å². The van der Waals surface area contributed by atoms with Gasteiger partial charge >= 0.3 is 5.97 Å². The van der Waals surface area contributed by atoms with E-state index in [-0.39, 0.29) is 21.8 Å². The van der Waals surface area contributed by atoms with E-state index in [1.54, 1.807) is 44.4 Å². The highest BCUT2D eigenvalue weighted by molar-refractivity contribution is 7.91. The maximum Gasteiger partial charge on any atom is 0.339 e. The van der Waals surface area contributed by atoms with Crippen LogP contribution in [0.15, 0.2) is 58.6 Å². The normalized spacial score (nSPS) is 11.2. The second-order valence-corrected chi connectivity index (χ2v) is 8.94. The quantitative estimate of drug-likeness (QED) is 0.461. The molecule has 7 nitrogen and oxygen atoms in total. The van der Waals surface area contributed by atoms with E-state index in [2.05, 4.69) is 4.98 Å². The molecule has 0 spiro atoms. The molecule has 0 saturated heterocycles. The number of nitrogens with two attached hydrogens (primary N) is 1. The standard InChI is InChI=1S/C23H24N2O5S/c1-14-19(12-16-6-5-11-25-13-16)20(23(26)30-4)22(15(2)21(14)24)31(27,28)18-9-7-17(29-3)8-10-18/h5-11,13H,12,24H2,1-4H3. The molecule has 0 amide bonds. The van der Waals surface area contributed by atoms with E-state index in [0.717, 1.165) is 5.56 Å². The summed E-state index contributed by atoms with van der Waals surface area (Å²) >= 11 is 0. The number of hydrogen-bond acceptors (Lipinski definition) is 7. The lowest BCUT2D eigenvalue weighted by Crippen LogP contribution is -2.19. The lowest BCUT2D eigenvalue weighted by atomic mass is 9.92. The van der Waals surface area contributed by atoms with Crippen molar-refractivity contribution < 1.29 is 22.7 Å². The average molecular weight is 441 g/mol. The Balaban J connectivity index is 2.34. The molecular formula is C23H24N2O5S. The van der Waals surface area contributed by atoms with Gasteiger partial charge in [0.1, 0.15) is 5.75 Å². The van der Waals surface area contributed by atoms with Crippen LogP contribution in [0, 0.1) is 13.8 Å². The van der Waals surface area contributed by atoms with Crippen LogP contribution in [0.4, 0.5) is 5.69 Å². The molecule has 0 radical (unpaired) electrons. The van der Waals surface area contributed by atoms with Crippen LogP contribution in [-0.2, 0) is 21.0 Å². The maximum absolute atomic E-state index is 13.6. The zero-order chi connectivity index (χ0) is 22.8. The molecule has 1 heterocycles. The summed E-state index contributed by atoms with van der Waals surface area (Å²) in [6.45, 7) is 3.36. The van der Waals surface area contributed by atoms with Gasteiger partial charge in [-0.15, -0.1) is 0 Å². The summed E-state index contributed by atoms with van der Waals surface area (Å²) in [5.74, 6) is -0.221. The molecule has 2 aromatic carbocycles. The minimum absolute atomic E-state index is 0.00799. The second kappa shape index (κ2) is 8.77. The molecule has 1 aromatic heterocycles. The molecule has 3 rings (SSSR count). The van der Waals surface area contributed by atoms with Crippen LogP contribution >= 0.6 is 0 Å². The third-order valence-corrected chi connectivity index (χ3v) is 7.20. The summed E-state index contributed by atoms with van der Waals surface area (Å²) in [6, 6.07) is 9.59. The van der Waals surface area contributed by atoms with Crippen molar-refractivity contribution in [3.05, 3.63) is 76.6 Å². The number of aromatic nitrogens is 1. The van der Waals surface area contributed by atoms with Gasteiger partial charge < -0.3 is 15.2 Å². The molecule has 0 aliphatic rings. The second-order valence-electron chi connectivity index (χ2n) is 7.05. The molecule has 162 valence electrons. The molecule has 0 saturated carbocycles. The van der Waals surface area contributed by atoms with E-state index >= 15 is 0 Å². The number of pyridine rings is 1. The highest BCUT2D eigenvalue weighted by Crippen LogP contribution is 2.37. The van der Waals surface area contributed by atoms with Gasteiger partial charge in [0.25, 0.3) is 0 Å². The number of rotatable bonds is 6. The SMILES string of the molecule is COC(=O)c1c(Cc2cccnc2)c(C)c(N)c(C)c1S(=O)(=O)c1ccc(OC)cc1. The lowest BCUT2D eigenvalue weighted by Gasteiger charge is -2.21. The van der Waals surface area contributed by atoms with Crippen molar-refractivity contribution in [2.24, 2.45) is 0 Å². The summed E-state index contributed by atoms with van der Waals surface area (Å²) in [6.07, 6.45) is 3.58. The molecule has 8 heteroatoms. The van der Waals surface area contributed by atoms with E-state index in [1.807, 2.05) is 6.07 Å². The van der Waals surface area contributed by atoms with Crippen molar-refractivity contribution in [1.29, 1.82) is 0 Å². The number of esters is 1. The van der Waals surface area contributed by atoms with Gasteiger partial charge in [-0.3, -0.25) is 4.98 Å². The van der Waals surface area contributed by atoms with Crippen molar-refractivity contribution in [2.75, 3.05) is 20.0 Å². The van der Waals surface area contributed by atoms with Gasteiger partial charge in [0.2, 0.25) is 9.84 Å². The highest BCUT2D eigenvalue weighted by atomic mass is 32.2. The lowest BCUT2D eigenvalue weighted by molar-refractivity contribution is 0.0595. The molecule has 31 heavy (non-hydrogen) atoms. The highest BCUT2D eigenvalue weighted by Gasteiger charge is 2.32. The van der Waals surface area contributed by atoms with Gasteiger partial charge in [0, 0.05) is 24.5 Å². The minimum Gasteiger partial charge on any atom is -0.497 e. The number of carbonyl (C=O) groups excluding carboxylic acids is 1. The zero-order valence-electron chi connectivity index (χ0n) is 17.8. The number of nitrogen functional groups attached to an aromatic ring is 1. The van der Waals surface area contributed by atoms with Crippen LogP contribution in [0.1, 0.15) is 32.6 Å². The van der Waals surface area contributed by atoms with Gasteiger partial charge in [0.15, 0.2) is 0 Å². The third kappa shape index (κ3) is 4.11. The third-order valence-electron chi connectivity index (χ3n) is 5.26. The number of sulfone groups is 1. The Morgan fingerprint density at radius 2 is 1.74 bits per heavy atom. The summed E-state index contributed by atoms with van der Waals surface area (Å²) in [5, 5.41) is 0. The Labute approximate surface area is 181 Å². The van der Waals surface area contributed by atoms with Gasteiger partial charge in [0.05, 0.1) is 29.6 Å². The number of benzene rings is 2. The molecule has 0 aliphatic heterocycles. The van der Waals surface area contributed by atoms with Crippen molar-refractivity contribution in [3.63, 3.8) is 0 Å². The summed E-state index contributed by atoms with van der Waals surface area (Å²) in [5.41, 5.74) is 8.88. The van der Waals surface area contributed by atoms with Crippen LogP contribution in [-0.4, -0.2) is 33.6 Å².